The summed E-state index contributed by atoms with van der Waals surface area (Å²) >= 11 is 0. The molecule has 6 rings (SSSR count). The van der Waals surface area contributed by atoms with E-state index in [9.17, 15) is 5.11 Å². The molecule has 162 valence electrons. The summed E-state index contributed by atoms with van der Waals surface area (Å²) in [5.74, 6) is 0.386. The number of hydrogen-bond donors (Lipinski definition) is 1. The highest BCUT2D eigenvalue weighted by molar-refractivity contribution is 5.68. The standard InChI is InChI=1S/C23H26FN5O2/c1-22-8-9-23(2,28(3)13-22)20(24)21(22)31-19-7-6-17(26-27-19)16-5-4-15(12-18(16)30)29-11-10-25-14-29/h4-7,10-12,14,20-21,30H,8-9,13H2,1-3H3/t20-,21-,22+,23+/m1/s1. The molecule has 4 atom stereocenters. The number of benzene rings is 1. The first-order valence-corrected chi connectivity index (χ1v) is 10.5. The molecular formula is C23H26FN5O2. The highest BCUT2D eigenvalue weighted by Gasteiger charge is 2.61. The third-order valence-electron chi connectivity index (χ3n) is 7.17. The maximum Gasteiger partial charge on any atom is 0.233 e. The molecular weight excluding hydrogens is 397 g/mol. The van der Waals surface area contributed by atoms with Crippen molar-refractivity contribution < 1.29 is 14.2 Å². The molecule has 0 radical (unpaired) electrons. The van der Waals surface area contributed by atoms with Crippen molar-refractivity contribution in [2.45, 2.75) is 44.5 Å². The van der Waals surface area contributed by atoms with Gasteiger partial charge in [0, 0.05) is 42.0 Å². The molecule has 2 aliphatic heterocycles. The van der Waals surface area contributed by atoms with Crippen LogP contribution in [0.2, 0.25) is 0 Å². The zero-order valence-electron chi connectivity index (χ0n) is 17.9. The number of ether oxygens (including phenoxy) is 1. The lowest BCUT2D eigenvalue weighted by molar-refractivity contribution is -0.177. The fourth-order valence-corrected chi connectivity index (χ4v) is 4.96. The van der Waals surface area contributed by atoms with Crippen LogP contribution in [-0.2, 0) is 0 Å². The maximum atomic E-state index is 15.4. The van der Waals surface area contributed by atoms with Crippen LogP contribution in [-0.4, -0.2) is 61.2 Å². The van der Waals surface area contributed by atoms with Crippen LogP contribution in [0.25, 0.3) is 16.9 Å². The molecule has 2 saturated heterocycles. The van der Waals surface area contributed by atoms with Crippen LogP contribution in [0.15, 0.2) is 49.1 Å². The number of phenols is 1. The van der Waals surface area contributed by atoms with Crippen molar-refractivity contribution in [3.05, 3.63) is 49.1 Å². The lowest BCUT2D eigenvalue weighted by Gasteiger charge is -2.61. The molecule has 1 aliphatic carbocycles. The van der Waals surface area contributed by atoms with Crippen LogP contribution in [0.5, 0.6) is 11.6 Å². The average molecular weight is 423 g/mol. The Morgan fingerprint density at radius 3 is 2.65 bits per heavy atom. The van der Waals surface area contributed by atoms with Gasteiger partial charge < -0.3 is 14.4 Å². The molecule has 4 heterocycles. The van der Waals surface area contributed by atoms with Crippen LogP contribution in [0.1, 0.15) is 26.7 Å². The van der Waals surface area contributed by atoms with E-state index in [1.54, 1.807) is 47.6 Å². The number of piperidine rings is 2. The molecule has 0 spiro atoms. The van der Waals surface area contributed by atoms with E-state index >= 15 is 4.39 Å². The summed E-state index contributed by atoms with van der Waals surface area (Å²) in [6.07, 6.45) is 5.21. The summed E-state index contributed by atoms with van der Waals surface area (Å²) in [5, 5.41) is 18.9. The Labute approximate surface area is 180 Å². The number of hydrogen-bond acceptors (Lipinski definition) is 6. The quantitative estimate of drug-likeness (QED) is 0.691. The normalized spacial score (nSPS) is 30.5. The molecule has 0 amide bonds. The van der Waals surface area contributed by atoms with Gasteiger partial charge in [-0.15, -0.1) is 10.2 Å². The second-order valence-electron chi connectivity index (χ2n) is 9.24. The Bertz CT molecular complexity index is 1090. The van der Waals surface area contributed by atoms with E-state index in [1.807, 2.05) is 20.0 Å². The molecule has 3 fully saturated rings. The molecule has 3 aromatic rings. The number of aromatic nitrogens is 4. The van der Waals surface area contributed by atoms with E-state index in [1.165, 1.54) is 0 Å². The largest absolute Gasteiger partial charge is 0.507 e. The van der Waals surface area contributed by atoms with Gasteiger partial charge in [0.2, 0.25) is 5.88 Å². The smallest absolute Gasteiger partial charge is 0.233 e. The number of fused-ring (bicyclic) bond motifs is 3. The maximum absolute atomic E-state index is 15.4. The van der Waals surface area contributed by atoms with Crippen molar-refractivity contribution in [2.24, 2.45) is 5.41 Å². The number of aromatic hydroxyl groups is 1. The molecule has 3 aliphatic rings. The van der Waals surface area contributed by atoms with Crippen LogP contribution in [0, 0.1) is 5.41 Å². The second-order valence-corrected chi connectivity index (χ2v) is 9.24. The van der Waals surface area contributed by atoms with E-state index in [-0.39, 0.29) is 11.2 Å². The first-order valence-electron chi connectivity index (χ1n) is 10.5. The van der Waals surface area contributed by atoms with Crippen molar-refractivity contribution >= 4 is 0 Å². The highest BCUT2D eigenvalue weighted by atomic mass is 19.1. The van der Waals surface area contributed by atoms with Gasteiger partial charge in [-0.2, -0.15) is 0 Å². The van der Waals surface area contributed by atoms with E-state index < -0.39 is 17.8 Å². The SMILES string of the molecule is CN1C[C@]2(C)CC[C@@]1(C)[C@H](F)[C@H]2Oc1ccc(-c2ccc(-n3ccnc3)cc2O)nn1. The van der Waals surface area contributed by atoms with Crippen LogP contribution >= 0.6 is 0 Å². The van der Waals surface area contributed by atoms with Crippen LogP contribution in [0.3, 0.4) is 0 Å². The Balaban J connectivity index is 1.36. The van der Waals surface area contributed by atoms with E-state index in [0.29, 0.717) is 17.1 Å². The van der Waals surface area contributed by atoms with Crippen molar-refractivity contribution in [1.29, 1.82) is 0 Å². The van der Waals surface area contributed by atoms with E-state index in [0.717, 1.165) is 25.1 Å². The number of alkyl halides is 1. The summed E-state index contributed by atoms with van der Waals surface area (Å²) in [7, 11) is 1.99. The Kier molecular flexibility index (Phi) is 4.51. The second kappa shape index (κ2) is 7.02. The molecule has 2 aromatic heterocycles. The topological polar surface area (TPSA) is 76.3 Å². The molecule has 7 nitrogen and oxygen atoms in total. The predicted molar refractivity (Wildman–Crippen MR) is 114 cm³/mol. The zero-order chi connectivity index (χ0) is 21.8. The fraction of sp³-hybridized carbons (Fsp3) is 0.435. The molecule has 1 aromatic carbocycles. The number of halogens is 1. The minimum absolute atomic E-state index is 0.0889. The van der Waals surface area contributed by atoms with Crippen molar-refractivity contribution in [1.82, 2.24) is 24.6 Å². The third kappa shape index (κ3) is 3.17. The lowest BCUT2D eigenvalue weighted by atomic mass is 9.60. The molecule has 1 saturated carbocycles. The van der Waals surface area contributed by atoms with Gasteiger partial charge in [-0.3, -0.25) is 4.90 Å². The van der Waals surface area contributed by atoms with Crippen LogP contribution in [0.4, 0.5) is 4.39 Å². The number of imidazole rings is 1. The van der Waals surface area contributed by atoms with Gasteiger partial charge in [-0.1, -0.05) is 6.92 Å². The Morgan fingerprint density at radius 1 is 1.16 bits per heavy atom. The monoisotopic (exact) mass is 423 g/mol. The summed E-state index contributed by atoms with van der Waals surface area (Å²) in [4.78, 5) is 6.13. The number of nitrogens with zero attached hydrogens (tertiary/aromatic N) is 5. The predicted octanol–water partition coefficient (Wildman–Crippen LogP) is 3.62. The summed E-state index contributed by atoms with van der Waals surface area (Å²) < 4.78 is 23.3. The van der Waals surface area contributed by atoms with E-state index in [4.69, 9.17) is 4.74 Å². The molecule has 31 heavy (non-hydrogen) atoms. The summed E-state index contributed by atoms with van der Waals surface area (Å²) in [6.45, 7) is 4.84. The third-order valence-corrected chi connectivity index (χ3v) is 7.17. The minimum atomic E-state index is -1.11. The molecule has 0 unspecified atom stereocenters. The minimum Gasteiger partial charge on any atom is -0.507 e. The van der Waals surface area contributed by atoms with Gasteiger partial charge in [0.25, 0.3) is 0 Å². The molecule has 1 N–H and O–H groups in total. The fourth-order valence-electron chi connectivity index (χ4n) is 4.96. The van der Waals surface area contributed by atoms with E-state index in [2.05, 4.69) is 27.0 Å². The van der Waals surface area contributed by atoms with Gasteiger partial charge in [-0.25, -0.2) is 9.37 Å². The Morgan fingerprint density at radius 2 is 2.00 bits per heavy atom. The van der Waals surface area contributed by atoms with Crippen LogP contribution < -0.4 is 4.74 Å². The van der Waals surface area contributed by atoms with Crippen molar-refractivity contribution in [2.75, 3.05) is 13.6 Å². The van der Waals surface area contributed by atoms with Crippen molar-refractivity contribution in [3.8, 4) is 28.6 Å². The Hall–Kier alpha value is -3.00. The number of rotatable bonds is 4. The van der Waals surface area contributed by atoms with Crippen molar-refractivity contribution in [3.63, 3.8) is 0 Å². The van der Waals surface area contributed by atoms with Gasteiger partial charge in [-0.05, 0) is 45.0 Å². The summed E-state index contributed by atoms with van der Waals surface area (Å²) in [5.41, 5.74) is 1.08. The molecule has 2 bridgehead atoms. The number of phenolic OH excluding ortho intramolecular Hbond substituents is 1. The van der Waals surface area contributed by atoms with Gasteiger partial charge >= 0.3 is 0 Å². The van der Waals surface area contributed by atoms with Gasteiger partial charge in [0.1, 0.15) is 11.9 Å². The average Bonchev–Trinajstić information content (AvgIpc) is 3.29. The lowest BCUT2D eigenvalue weighted by Crippen LogP contribution is -2.72. The first kappa shape index (κ1) is 19.9. The van der Waals surface area contributed by atoms with Gasteiger partial charge in [0.15, 0.2) is 6.17 Å². The van der Waals surface area contributed by atoms with Gasteiger partial charge in [0.05, 0.1) is 23.2 Å². The summed E-state index contributed by atoms with van der Waals surface area (Å²) in [6, 6.07) is 8.72. The zero-order valence-corrected chi connectivity index (χ0v) is 17.9. The first-order chi connectivity index (χ1) is 14.8. The highest BCUT2D eigenvalue weighted by Crippen LogP contribution is 2.51. The molecule has 8 heteroatoms.